The summed E-state index contributed by atoms with van der Waals surface area (Å²) in [5.74, 6) is 7.73. The molecule has 0 radical (unpaired) electrons. The Bertz CT molecular complexity index is 3420. The van der Waals surface area contributed by atoms with Gasteiger partial charge in [-0.15, -0.1) is 24.8 Å². The summed E-state index contributed by atoms with van der Waals surface area (Å²) in [4.78, 5) is 25.9. The molecule has 9 heterocycles. The van der Waals surface area contributed by atoms with Crippen molar-refractivity contribution < 1.29 is 24.6 Å². The van der Waals surface area contributed by atoms with Gasteiger partial charge >= 0.3 is 7.12 Å². The fourth-order valence-corrected chi connectivity index (χ4v) is 19.6. The SMILES string of the molecule is Brc1cccc(Br)n1.CC1(C)CCC(C)(C)c2cc(-c3cccc(N4CCC(C5CCN(CCO)CC5)CC4)n3)ccc21.CC1(C)CCC(C)(C)c2cc(B3OC(C)(C)C(C)(C)O3)ccc21.Cl.Cl.OCCN1CCC(C2CCCCC2)CC1.OCCN1CCC(C2CCN(c3cccc(Br)n3)CC2)CC1. The van der Waals surface area contributed by atoms with Crippen LogP contribution in [0.3, 0.4) is 0 Å². The summed E-state index contributed by atoms with van der Waals surface area (Å²) in [7, 11) is -0.272. The Morgan fingerprint density at radius 2 is 0.714 bits per heavy atom. The number of β-amino-alcohol motifs (C(OH)–C–C–N with tert-alkyl or cyclic N) is 3. The molecule has 0 unspecified atom stereocenters. The summed E-state index contributed by atoms with van der Waals surface area (Å²) in [5, 5.41) is 27.1. The van der Waals surface area contributed by atoms with Gasteiger partial charge in [-0.1, -0.05) is 136 Å². The highest BCUT2D eigenvalue weighted by Crippen LogP contribution is 2.49. The standard InChI is InChI=1S/C31H45N3O.C20H31BO2.C17H26BrN3O.C13H25NO.C5H3Br2N.2ClH/c1-30(2)14-15-31(3,4)27-22-25(8-9-26(27)30)28-6-5-7-29(32-28)34-18-12-24(13-19-34)23-10-16-33(17-11-23)20-21-35;1-17(2)11-12-18(3,4)16-13-14(9-10-15(16)17)21-22-19(5,6)20(7,8)23-21;18-16-2-1-3-17(19-16)21-10-6-15(7-11-21)14-4-8-20(9-5-14)12-13-22;15-11-10-14-8-6-13(7-9-14)12-4-2-1-3-5-12;6-4-2-1-3-5(7)8-4;;/h5-9,22-24,35H,10-21H2,1-4H3;9-10,13H,11-12H2,1-8H3;1-3,14-15,22H,4-13H2;12-13,15H,1-11H2;1-3H;2*1H. The number of aliphatic hydroxyl groups excluding tert-OH is 3. The predicted molar refractivity (Wildman–Crippen MR) is 454 cm³/mol. The van der Waals surface area contributed by atoms with E-state index in [1.165, 1.54) is 176 Å². The lowest BCUT2D eigenvalue weighted by Gasteiger charge is -2.42. The number of fused-ring (bicyclic) bond motifs is 2. The number of likely N-dealkylation sites (tertiary alicyclic amines) is 3. The van der Waals surface area contributed by atoms with E-state index in [0.717, 1.165) is 131 Å². The second-order valence-electron chi connectivity index (χ2n) is 35.4. The van der Waals surface area contributed by atoms with Crippen molar-refractivity contribution >= 4 is 96.8 Å². The van der Waals surface area contributed by atoms with Gasteiger partial charge in [-0.05, 0) is 332 Å². The van der Waals surface area contributed by atoms with Crippen LogP contribution in [0.4, 0.5) is 11.6 Å². The first-order valence-corrected chi connectivity index (χ1v) is 42.5. The maximum atomic E-state index is 9.21. The van der Waals surface area contributed by atoms with Crippen LogP contribution in [0.2, 0.25) is 0 Å². The Morgan fingerprint density at radius 3 is 1.10 bits per heavy atom. The maximum Gasteiger partial charge on any atom is 0.494 e. The molecule has 13 nitrogen and oxygen atoms in total. The van der Waals surface area contributed by atoms with E-state index < -0.39 is 0 Å². The van der Waals surface area contributed by atoms with Gasteiger partial charge in [0.15, 0.2) is 0 Å². The highest BCUT2D eigenvalue weighted by Gasteiger charge is 2.52. The summed E-state index contributed by atoms with van der Waals surface area (Å²) in [6, 6.07) is 32.3. The minimum atomic E-state index is -0.289. The molecule has 14 rings (SSSR count). The molecule has 7 fully saturated rings. The zero-order valence-electron chi connectivity index (χ0n) is 66.1. The zero-order chi connectivity index (χ0) is 73.7. The monoisotopic (exact) mass is 1670 g/mol. The molecule has 0 amide bonds. The van der Waals surface area contributed by atoms with Gasteiger partial charge in [-0.25, -0.2) is 15.0 Å². The predicted octanol–water partition coefficient (Wildman–Crippen LogP) is 18.8. The highest BCUT2D eigenvalue weighted by molar-refractivity contribution is 9.11. The van der Waals surface area contributed by atoms with Gasteiger partial charge in [-0.3, -0.25) is 0 Å². The molecule has 2 aromatic carbocycles. The van der Waals surface area contributed by atoms with Gasteiger partial charge in [0, 0.05) is 51.4 Å². The summed E-state index contributed by atoms with van der Waals surface area (Å²) in [6.45, 7) is 42.5. The number of piperidine rings is 5. The van der Waals surface area contributed by atoms with Crippen LogP contribution in [0.25, 0.3) is 11.3 Å². The molecule has 584 valence electrons. The fraction of sp³-hybridized carbons (Fsp3) is 0.686. The molecule has 0 atom stereocenters. The summed E-state index contributed by atoms with van der Waals surface area (Å²) >= 11 is 9.90. The Hall–Kier alpha value is -2.75. The van der Waals surface area contributed by atoms with E-state index in [2.05, 4.69) is 232 Å². The minimum absolute atomic E-state index is 0. The Balaban J connectivity index is 0.000000176. The maximum absolute atomic E-state index is 9.21. The van der Waals surface area contributed by atoms with Crippen LogP contribution in [0.5, 0.6) is 0 Å². The van der Waals surface area contributed by atoms with Crippen LogP contribution in [-0.2, 0) is 31.0 Å². The van der Waals surface area contributed by atoms with E-state index in [-0.39, 0.29) is 71.4 Å². The second kappa shape index (κ2) is 39.6. The first-order valence-electron chi connectivity index (χ1n) is 40.1. The van der Waals surface area contributed by atoms with E-state index in [1.54, 1.807) is 0 Å². The van der Waals surface area contributed by atoms with Gasteiger partial charge in [0.25, 0.3) is 0 Å². The average Bonchev–Trinajstić information content (AvgIpc) is 1.63. The molecule has 3 aliphatic carbocycles. The molecule has 3 N–H and O–H groups in total. The van der Waals surface area contributed by atoms with E-state index in [1.807, 2.05) is 24.3 Å². The van der Waals surface area contributed by atoms with Crippen molar-refractivity contribution in [3.8, 4) is 11.3 Å². The van der Waals surface area contributed by atoms with Gasteiger partial charge in [0.05, 0.1) is 36.7 Å². The Kier molecular flexibility index (Phi) is 33.1. The number of aliphatic hydroxyl groups is 3. The van der Waals surface area contributed by atoms with E-state index in [0.29, 0.717) is 13.2 Å². The van der Waals surface area contributed by atoms with Crippen molar-refractivity contribution in [2.75, 3.05) is 115 Å². The average molecular weight is 1680 g/mol. The molecule has 0 spiro atoms. The number of aromatic nitrogens is 3. The van der Waals surface area contributed by atoms with Gasteiger partial charge in [-0.2, -0.15) is 0 Å². The van der Waals surface area contributed by atoms with Crippen molar-refractivity contribution in [3.05, 3.63) is 127 Å². The van der Waals surface area contributed by atoms with Crippen LogP contribution in [0.1, 0.15) is 227 Å². The number of rotatable bonds is 13. The number of benzene rings is 2. The molecular weight excluding hydrogens is 1550 g/mol. The van der Waals surface area contributed by atoms with Crippen molar-refractivity contribution in [1.82, 2.24) is 29.7 Å². The van der Waals surface area contributed by atoms with Crippen LogP contribution in [-0.4, -0.2) is 168 Å². The van der Waals surface area contributed by atoms with Crippen LogP contribution in [0, 0.1) is 35.5 Å². The van der Waals surface area contributed by atoms with Crippen LogP contribution < -0.4 is 15.3 Å². The zero-order valence-corrected chi connectivity index (χ0v) is 72.5. The molecule has 9 aliphatic rings. The highest BCUT2D eigenvalue weighted by atomic mass is 79.9. The van der Waals surface area contributed by atoms with Gasteiger partial charge < -0.3 is 49.1 Å². The smallest absolute Gasteiger partial charge is 0.399 e. The number of anilines is 2. The van der Waals surface area contributed by atoms with Crippen molar-refractivity contribution in [2.45, 2.75) is 238 Å². The fourth-order valence-electron chi connectivity index (χ4n) is 18.4. The molecule has 105 heavy (non-hydrogen) atoms. The number of hydrogen-bond donors (Lipinski definition) is 3. The number of hydrogen-bond acceptors (Lipinski definition) is 13. The largest absolute Gasteiger partial charge is 0.494 e. The number of nitrogens with zero attached hydrogens (tertiary/aromatic N) is 8. The third kappa shape index (κ3) is 23.7. The van der Waals surface area contributed by atoms with Crippen LogP contribution >= 0.6 is 72.6 Å². The molecule has 6 saturated heterocycles. The Labute approximate surface area is 672 Å². The second-order valence-corrected chi connectivity index (χ2v) is 37.9. The minimum Gasteiger partial charge on any atom is -0.399 e. The van der Waals surface area contributed by atoms with Crippen molar-refractivity contribution in [1.29, 1.82) is 0 Å². The summed E-state index contributed by atoms with van der Waals surface area (Å²) in [6.07, 6.45) is 25.4. The van der Waals surface area contributed by atoms with E-state index in [4.69, 9.17) is 24.5 Å². The third-order valence-electron chi connectivity index (χ3n) is 26.2. The lowest BCUT2D eigenvalue weighted by Crippen LogP contribution is -2.41. The molecule has 1 saturated carbocycles. The van der Waals surface area contributed by atoms with E-state index >= 15 is 0 Å². The van der Waals surface area contributed by atoms with Crippen LogP contribution in [0.15, 0.2) is 105 Å². The first kappa shape index (κ1) is 87.8. The van der Waals surface area contributed by atoms with Crippen molar-refractivity contribution in [2.24, 2.45) is 35.5 Å². The molecule has 3 aromatic heterocycles. The summed E-state index contributed by atoms with van der Waals surface area (Å²) in [5.41, 5.74) is 9.80. The molecule has 0 bridgehead atoms. The first-order chi connectivity index (χ1) is 49.1. The van der Waals surface area contributed by atoms with Gasteiger partial charge in [0.1, 0.15) is 25.4 Å². The van der Waals surface area contributed by atoms with E-state index in [9.17, 15) is 5.11 Å². The van der Waals surface area contributed by atoms with Crippen molar-refractivity contribution in [3.63, 3.8) is 0 Å². The quantitative estimate of drug-likeness (QED) is 0.0763. The number of pyridine rings is 3. The molecule has 19 heteroatoms. The summed E-state index contributed by atoms with van der Waals surface area (Å²) < 4.78 is 15.1. The molecule has 5 aromatic rings. The lowest BCUT2D eigenvalue weighted by molar-refractivity contribution is 0.00578. The topological polar surface area (TPSA) is 134 Å². The third-order valence-corrected chi connectivity index (χ3v) is 27.5. The molecular formula is C86H132BBr3Cl2N8O5. The molecule has 6 aliphatic heterocycles. The number of halogens is 5. The lowest BCUT2D eigenvalue weighted by atomic mass is 9.61. The Morgan fingerprint density at radius 1 is 0.381 bits per heavy atom. The normalized spacial score (nSPS) is 22.9. The van der Waals surface area contributed by atoms with Gasteiger partial charge in [0.2, 0.25) is 0 Å².